The van der Waals surface area contributed by atoms with Crippen LogP contribution in [0.2, 0.25) is 0 Å². The van der Waals surface area contributed by atoms with Gasteiger partial charge in [0.1, 0.15) is 16.9 Å². The van der Waals surface area contributed by atoms with E-state index in [1.807, 2.05) is 18.0 Å². The third-order valence-corrected chi connectivity index (χ3v) is 5.66. The van der Waals surface area contributed by atoms with E-state index in [0.29, 0.717) is 5.57 Å². The highest BCUT2D eigenvalue weighted by molar-refractivity contribution is 8.03. The van der Waals surface area contributed by atoms with Crippen molar-refractivity contribution in [2.24, 2.45) is 0 Å². The summed E-state index contributed by atoms with van der Waals surface area (Å²) in [5.74, 6) is 1.71. The number of carboxylic acid groups (broad SMARTS) is 1. The van der Waals surface area contributed by atoms with Gasteiger partial charge in [0.25, 0.3) is 5.91 Å². The number of imidazole rings is 1. The molecule has 0 saturated carbocycles. The van der Waals surface area contributed by atoms with Gasteiger partial charge in [0, 0.05) is 23.9 Å². The van der Waals surface area contributed by atoms with Crippen LogP contribution < -0.4 is 0 Å². The molecule has 108 valence electrons. The number of aromatic nitrogens is 2. The smallest absolute Gasteiger partial charge is 0.353 e. The van der Waals surface area contributed by atoms with Crippen LogP contribution in [0.4, 0.5) is 0 Å². The third-order valence-electron chi connectivity index (χ3n) is 3.64. The predicted octanol–water partition coefficient (Wildman–Crippen LogP) is 1.35. The maximum atomic E-state index is 12.1. The molecule has 1 amide bonds. The lowest BCUT2D eigenvalue weighted by Crippen LogP contribution is -2.51. The summed E-state index contributed by atoms with van der Waals surface area (Å²) >= 11 is 3.20. The average molecular weight is 321 g/mol. The third kappa shape index (κ3) is 1.93. The second kappa shape index (κ2) is 4.67. The molecule has 0 bridgehead atoms. The highest BCUT2D eigenvalue weighted by Gasteiger charge is 2.49. The van der Waals surface area contributed by atoms with Gasteiger partial charge < -0.3 is 9.67 Å². The number of carbonyl (C=O) groups excluding carboxylic acids is 1. The zero-order valence-corrected chi connectivity index (χ0v) is 12.5. The van der Waals surface area contributed by atoms with Crippen LogP contribution in [-0.4, -0.2) is 42.6 Å². The number of carbonyl (C=O) groups is 2. The van der Waals surface area contributed by atoms with Gasteiger partial charge in [-0.1, -0.05) is 0 Å². The molecule has 4 heterocycles. The molecule has 1 aromatic heterocycles. The van der Waals surface area contributed by atoms with Crippen LogP contribution in [-0.2, 0) is 21.9 Å². The fraction of sp³-hybridized carbons (Fsp3) is 0.308. The first kappa shape index (κ1) is 13.0. The Bertz CT molecular complexity index is 699. The highest BCUT2D eigenvalue weighted by Crippen LogP contribution is 2.45. The molecule has 3 aliphatic heterocycles. The Morgan fingerprint density at radius 3 is 3.14 bits per heavy atom. The molecule has 1 aromatic rings. The second-order valence-electron chi connectivity index (χ2n) is 4.90. The van der Waals surface area contributed by atoms with Crippen molar-refractivity contribution in [2.75, 3.05) is 5.75 Å². The van der Waals surface area contributed by atoms with Crippen LogP contribution >= 0.6 is 23.5 Å². The Morgan fingerprint density at radius 2 is 2.38 bits per heavy atom. The van der Waals surface area contributed by atoms with Gasteiger partial charge in [0.2, 0.25) is 0 Å². The predicted molar refractivity (Wildman–Crippen MR) is 80.3 cm³/mol. The number of rotatable bonds is 2. The van der Waals surface area contributed by atoms with Gasteiger partial charge in [-0.2, -0.15) is 11.8 Å². The molecule has 21 heavy (non-hydrogen) atoms. The number of thioether (sulfide) groups is 2. The maximum Gasteiger partial charge on any atom is 0.353 e. The van der Waals surface area contributed by atoms with E-state index in [2.05, 4.69) is 9.55 Å². The van der Waals surface area contributed by atoms with Gasteiger partial charge in [-0.25, -0.2) is 9.78 Å². The molecular weight excluding hydrogens is 310 g/mol. The normalized spacial score (nSPS) is 25.4. The molecular formula is C13H11N3O3S2. The lowest BCUT2D eigenvalue weighted by Gasteiger charge is -2.36. The van der Waals surface area contributed by atoms with Crippen molar-refractivity contribution in [1.29, 1.82) is 0 Å². The summed E-state index contributed by atoms with van der Waals surface area (Å²) in [5.41, 5.74) is 1.46. The van der Waals surface area contributed by atoms with Crippen LogP contribution in [0, 0.1) is 0 Å². The summed E-state index contributed by atoms with van der Waals surface area (Å²) in [4.78, 5) is 29.0. The van der Waals surface area contributed by atoms with Crippen LogP contribution in [0.3, 0.4) is 0 Å². The largest absolute Gasteiger partial charge is 0.477 e. The standard InChI is InChI=1S/C13H11N3O3S2/c17-11-8(12-16(11)9(5-21-12)13(18)19)3-7-4-15-1-2-20-6-10(15)14-7/h3-5,12H,1-2,6H2,(H,18,19)/b8-3+/t12-/m1/s1. The zero-order valence-electron chi connectivity index (χ0n) is 10.9. The fourth-order valence-electron chi connectivity index (χ4n) is 2.61. The SMILES string of the molecule is O=C(O)C1=CS[C@@H]2/C(=C/c3cn4c(n3)CSCC4)C(=O)N12. The van der Waals surface area contributed by atoms with Gasteiger partial charge in [-0.05, 0) is 6.08 Å². The summed E-state index contributed by atoms with van der Waals surface area (Å²) < 4.78 is 2.12. The summed E-state index contributed by atoms with van der Waals surface area (Å²) in [6, 6.07) is 0. The van der Waals surface area contributed by atoms with E-state index in [-0.39, 0.29) is 17.0 Å². The second-order valence-corrected chi connectivity index (χ2v) is 6.96. The van der Waals surface area contributed by atoms with Crippen molar-refractivity contribution < 1.29 is 14.7 Å². The molecule has 4 rings (SSSR count). The molecule has 0 aromatic carbocycles. The Morgan fingerprint density at radius 1 is 1.52 bits per heavy atom. The van der Waals surface area contributed by atoms with E-state index in [1.54, 1.807) is 6.08 Å². The average Bonchev–Trinajstić information content (AvgIpc) is 3.05. The zero-order chi connectivity index (χ0) is 14.6. The molecule has 1 atom stereocenters. The summed E-state index contributed by atoms with van der Waals surface area (Å²) in [6.07, 6.45) is 3.74. The van der Waals surface area contributed by atoms with Crippen molar-refractivity contribution in [3.63, 3.8) is 0 Å². The number of β-lactam (4-membered cyclic amide) rings is 1. The molecule has 0 unspecified atom stereocenters. The summed E-state index contributed by atoms with van der Waals surface area (Å²) in [6.45, 7) is 0.944. The topological polar surface area (TPSA) is 75.4 Å². The quantitative estimate of drug-likeness (QED) is 0.655. The highest BCUT2D eigenvalue weighted by atomic mass is 32.2. The van der Waals surface area contributed by atoms with Gasteiger partial charge in [0.15, 0.2) is 0 Å². The van der Waals surface area contributed by atoms with Gasteiger partial charge in [-0.3, -0.25) is 9.69 Å². The van der Waals surface area contributed by atoms with E-state index in [4.69, 9.17) is 5.11 Å². The van der Waals surface area contributed by atoms with Crippen molar-refractivity contribution in [3.05, 3.63) is 34.4 Å². The first-order valence-electron chi connectivity index (χ1n) is 6.43. The lowest BCUT2D eigenvalue weighted by molar-refractivity contribution is -0.141. The monoisotopic (exact) mass is 321 g/mol. The first-order valence-corrected chi connectivity index (χ1v) is 8.53. The number of hydrogen-bond acceptors (Lipinski definition) is 5. The number of nitrogens with zero attached hydrogens (tertiary/aromatic N) is 3. The number of carboxylic acids is 1. The number of aryl methyl sites for hydroxylation is 1. The Kier molecular flexibility index (Phi) is 2.90. The van der Waals surface area contributed by atoms with E-state index < -0.39 is 5.97 Å². The van der Waals surface area contributed by atoms with Crippen LogP contribution in [0.1, 0.15) is 11.5 Å². The minimum atomic E-state index is -1.06. The Hall–Kier alpha value is -1.67. The minimum Gasteiger partial charge on any atom is -0.477 e. The molecule has 1 N–H and O–H groups in total. The van der Waals surface area contributed by atoms with Crippen molar-refractivity contribution in [3.8, 4) is 0 Å². The van der Waals surface area contributed by atoms with Crippen LogP contribution in [0.15, 0.2) is 22.9 Å². The van der Waals surface area contributed by atoms with Crippen LogP contribution in [0.25, 0.3) is 6.08 Å². The number of fused-ring (bicyclic) bond motifs is 2. The summed E-state index contributed by atoms with van der Waals surface area (Å²) in [7, 11) is 0. The molecule has 0 radical (unpaired) electrons. The fourth-order valence-corrected chi connectivity index (χ4v) is 4.61. The van der Waals surface area contributed by atoms with Gasteiger partial charge in [0.05, 0.1) is 17.0 Å². The minimum absolute atomic E-state index is 0.0627. The van der Waals surface area contributed by atoms with E-state index >= 15 is 0 Å². The molecule has 0 spiro atoms. The van der Waals surface area contributed by atoms with Crippen molar-refractivity contribution in [1.82, 2.24) is 14.5 Å². The molecule has 1 fully saturated rings. The molecule has 1 saturated heterocycles. The first-order chi connectivity index (χ1) is 10.1. The van der Waals surface area contributed by atoms with Gasteiger partial charge >= 0.3 is 5.97 Å². The van der Waals surface area contributed by atoms with E-state index in [1.165, 1.54) is 22.1 Å². The van der Waals surface area contributed by atoms with Crippen LogP contribution in [0.5, 0.6) is 0 Å². The van der Waals surface area contributed by atoms with E-state index in [0.717, 1.165) is 29.6 Å². The Labute approximate surface area is 128 Å². The van der Waals surface area contributed by atoms with Gasteiger partial charge in [-0.15, -0.1) is 11.8 Å². The maximum absolute atomic E-state index is 12.1. The van der Waals surface area contributed by atoms with Crippen molar-refractivity contribution >= 4 is 41.5 Å². The number of aliphatic carboxylic acids is 1. The Balaban J connectivity index is 1.60. The molecule has 3 aliphatic rings. The van der Waals surface area contributed by atoms with E-state index in [9.17, 15) is 9.59 Å². The lowest BCUT2D eigenvalue weighted by atomic mass is 10.0. The molecule has 6 nitrogen and oxygen atoms in total. The van der Waals surface area contributed by atoms with Crippen molar-refractivity contribution in [2.45, 2.75) is 17.7 Å². The number of amides is 1. The molecule has 0 aliphatic carbocycles. The number of hydrogen-bond donors (Lipinski definition) is 1. The summed E-state index contributed by atoms with van der Waals surface area (Å²) in [5, 5.41) is 10.3. The molecule has 8 heteroatoms.